The standard InChI is InChI=1S/C57H38N8/c1-35-29-31-49-43(33-35)44-34-36(2)30-32-50(44)65(49)57-61-55(63-45-25-13-9-21-39(45)40-22-10-14-26-46(40)63)51(56(62-57)64-47-27-15-11-23-41(47)42-24-12-16-28-48(42)64)54-59-52(37-17-5-3-6-18-37)58-53(60-54)38-19-7-4-8-20-38/h3-34H,1-2H3. The number of fused-ring (bicyclic) bond motifs is 9. The molecule has 306 valence electrons. The monoisotopic (exact) mass is 834 g/mol. The van der Waals surface area contributed by atoms with Crippen molar-refractivity contribution in [3.63, 3.8) is 0 Å². The van der Waals surface area contributed by atoms with Gasteiger partial charge in [0.1, 0.15) is 5.56 Å². The first kappa shape index (κ1) is 36.9. The SMILES string of the molecule is Cc1ccc2c(c1)c1cc(C)ccc1n2-c1nc(-n2c3ccccc3c3ccccc32)c(-c2nc(-c3ccccc3)nc(-c3ccccc3)n2)c(-n2c3ccccc3c3ccccc32)n1. The molecule has 0 aliphatic heterocycles. The summed E-state index contributed by atoms with van der Waals surface area (Å²) in [7, 11) is 0. The van der Waals surface area contributed by atoms with E-state index in [-0.39, 0.29) is 0 Å². The molecule has 0 bridgehead atoms. The summed E-state index contributed by atoms with van der Waals surface area (Å²) in [6.07, 6.45) is 0. The largest absolute Gasteiger partial charge is 0.293 e. The molecule has 13 rings (SSSR count). The van der Waals surface area contributed by atoms with Crippen molar-refractivity contribution in [1.82, 2.24) is 38.6 Å². The summed E-state index contributed by atoms with van der Waals surface area (Å²) in [5.74, 6) is 3.36. The Balaban J connectivity index is 1.27. The molecule has 0 atom stereocenters. The Morgan fingerprint density at radius 1 is 0.292 bits per heavy atom. The molecular formula is C57H38N8. The van der Waals surface area contributed by atoms with Crippen molar-refractivity contribution in [2.45, 2.75) is 13.8 Å². The van der Waals surface area contributed by atoms with Gasteiger partial charge in [-0.3, -0.25) is 13.7 Å². The highest BCUT2D eigenvalue weighted by Crippen LogP contribution is 2.42. The van der Waals surface area contributed by atoms with Gasteiger partial charge in [-0.2, -0.15) is 9.97 Å². The third-order valence-electron chi connectivity index (χ3n) is 12.6. The van der Waals surface area contributed by atoms with Gasteiger partial charge in [0.25, 0.3) is 0 Å². The Morgan fingerprint density at radius 3 is 1.03 bits per heavy atom. The lowest BCUT2D eigenvalue weighted by Gasteiger charge is -2.20. The Kier molecular flexibility index (Phi) is 8.17. The van der Waals surface area contributed by atoms with Crippen molar-refractivity contribution in [2.24, 2.45) is 0 Å². The number of rotatable bonds is 6. The van der Waals surface area contributed by atoms with Crippen molar-refractivity contribution in [1.29, 1.82) is 0 Å². The summed E-state index contributed by atoms with van der Waals surface area (Å²) in [6.45, 7) is 4.29. The highest BCUT2D eigenvalue weighted by Gasteiger charge is 2.29. The zero-order chi connectivity index (χ0) is 43.2. The van der Waals surface area contributed by atoms with E-state index in [9.17, 15) is 0 Å². The number of hydrogen-bond donors (Lipinski definition) is 0. The molecule has 5 aromatic heterocycles. The second kappa shape index (κ2) is 14.4. The summed E-state index contributed by atoms with van der Waals surface area (Å²) in [5.41, 5.74) is 10.8. The van der Waals surface area contributed by atoms with Crippen LogP contribution in [-0.4, -0.2) is 38.6 Å². The Bertz CT molecular complexity index is 3670. The van der Waals surface area contributed by atoms with Crippen LogP contribution < -0.4 is 0 Å². The minimum Gasteiger partial charge on any atom is -0.293 e. The van der Waals surface area contributed by atoms with Crippen LogP contribution in [0.5, 0.6) is 0 Å². The van der Waals surface area contributed by atoms with E-state index in [1.807, 2.05) is 60.7 Å². The van der Waals surface area contributed by atoms with E-state index in [2.05, 4.69) is 161 Å². The van der Waals surface area contributed by atoms with Gasteiger partial charge >= 0.3 is 0 Å². The van der Waals surface area contributed by atoms with Crippen molar-refractivity contribution in [3.8, 4) is 51.7 Å². The molecule has 0 unspecified atom stereocenters. The van der Waals surface area contributed by atoms with Crippen LogP contribution in [0.15, 0.2) is 194 Å². The van der Waals surface area contributed by atoms with Crippen LogP contribution in [0.1, 0.15) is 11.1 Å². The third kappa shape index (κ3) is 5.74. The van der Waals surface area contributed by atoms with Crippen LogP contribution in [-0.2, 0) is 0 Å². The molecule has 8 nitrogen and oxygen atoms in total. The fourth-order valence-corrected chi connectivity index (χ4v) is 9.74. The zero-order valence-corrected chi connectivity index (χ0v) is 35.6. The summed E-state index contributed by atoms with van der Waals surface area (Å²) in [4.78, 5) is 27.6. The van der Waals surface area contributed by atoms with E-state index in [4.69, 9.17) is 24.9 Å². The molecule has 5 heterocycles. The van der Waals surface area contributed by atoms with Crippen molar-refractivity contribution in [3.05, 3.63) is 205 Å². The molecule has 0 spiro atoms. The molecule has 0 aliphatic rings. The lowest BCUT2D eigenvalue weighted by Crippen LogP contribution is -2.14. The van der Waals surface area contributed by atoms with Gasteiger partial charge in [-0.25, -0.2) is 15.0 Å². The predicted octanol–water partition coefficient (Wildman–Crippen LogP) is 13.6. The molecule has 8 heteroatoms. The first-order valence-electron chi connectivity index (χ1n) is 21.9. The van der Waals surface area contributed by atoms with Gasteiger partial charge in [0.15, 0.2) is 29.1 Å². The molecular weight excluding hydrogens is 797 g/mol. The first-order valence-corrected chi connectivity index (χ1v) is 21.9. The predicted molar refractivity (Wildman–Crippen MR) is 264 cm³/mol. The van der Waals surface area contributed by atoms with E-state index in [1.54, 1.807) is 0 Å². The van der Waals surface area contributed by atoms with Gasteiger partial charge in [-0.05, 0) is 62.4 Å². The number of para-hydroxylation sites is 4. The maximum Gasteiger partial charge on any atom is 0.238 e. The van der Waals surface area contributed by atoms with E-state index >= 15 is 0 Å². The molecule has 0 saturated heterocycles. The molecule has 8 aromatic carbocycles. The van der Waals surface area contributed by atoms with E-state index in [0.717, 1.165) is 76.5 Å². The number of aryl methyl sites for hydroxylation is 2. The summed E-state index contributed by atoms with van der Waals surface area (Å²) < 4.78 is 6.78. The third-order valence-corrected chi connectivity index (χ3v) is 12.6. The summed E-state index contributed by atoms with van der Waals surface area (Å²) in [6, 6.07) is 67.7. The molecule has 0 N–H and O–H groups in total. The van der Waals surface area contributed by atoms with Gasteiger partial charge in [-0.15, -0.1) is 0 Å². The Labute approximate surface area is 373 Å². The second-order valence-corrected chi connectivity index (χ2v) is 16.7. The Hall–Kier alpha value is -8.75. The molecule has 0 radical (unpaired) electrons. The topological polar surface area (TPSA) is 79.2 Å². The number of hydrogen-bond acceptors (Lipinski definition) is 5. The zero-order valence-electron chi connectivity index (χ0n) is 35.6. The highest BCUT2D eigenvalue weighted by atomic mass is 15.2. The van der Waals surface area contributed by atoms with Gasteiger partial charge < -0.3 is 0 Å². The minimum absolute atomic E-state index is 0.450. The Morgan fingerprint density at radius 2 is 0.631 bits per heavy atom. The fourth-order valence-electron chi connectivity index (χ4n) is 9.74. The van der Waals surface area contributed by atoms with Crippen LogP contribution in [0.2, 0.25) is 0 Å². The lowest BCUT2D eigenvalue weighted by atomic mass is 10.1. The van der Waals surface area contributed by atoms with Crippen LogP contribution in [0.3, 0.4) is 0 Å². The van der Waals surface area contributed by atoms with Crippen LogP contribution in [0.25, 0.3) is 117 Å². The van der Waals surface area contributed by atoms with E-state index < -0.39 is 0 Å². The van der Waals surface area contributed by atoms with Crippen molar-refractivity contribution < 1.29 is 0 Å². The van der Waals surface area contributed by atoms with Gasteiger partial charge in [0.05, 0.1) is 33.1 Å². The number of nitrogens with zero attached hydrogens (tertiary/aromatic N) is 8. The average Bonchev–Trinajstić information content (AvgIpc) is 3.99. The van der Waals surface area contributed by atoms with Crippen molar-refractivity contribution >= 4 is 65.4 Å². The number of benzene rings is 8. The van der Waals surface area contributed by atoms with Crippen LogP contribution >= 0.6 is 0 Å². The summed E-state index contributed by atoms with van der Waals surface area (Å²) >= 11 is 0. The lowest BCUT2D eigenvalue weighted by molar-refractivity contribution is 0.914. The number of aromatic nitrogens is 8. The molecule has 0 fully saturated rings. The normalized spacial score (nSPS) is 11.8. The highest BCUT2D eigenvalue weighted by molar-refractivity contribution is 6.12. The van der Waals surface area contributed by atoms with Crippen LogP contribution in [0, 0.1) is 13.8 Å². The fraction of sp³-hybridized carbons (Fsp3) is 0.0351. The second-order valence-electron chi connectivity index (χ2n) is 16.7. The van der Waals surface area contributed by atoms with Gasteiger partial charge in [0, 0.05) is 43.4 Å². The summed E-state index contributed by atoms with van der Waals surface area (Å²) in [5, 5.41) is 6.74. The molecule has 0 amide bonds. The maximum atomic E-state index is 5.82. The first-order chi connectivity index (χ1) is 32.1. The van der Waals surface area contributed by atoms with E-state index in [0.29, 0.717) is 40.6 Å². The minimum atomic E-state index is 0.450. The molecule has 65 heavy (non-hydrogen) atoms. The smallest absolute Gasteiger partial charge is 0.238 e. The van der Waals surface area contributed by atoms with Crippen molar-refractivity contribution in [2.75, 3.05) is 0 Å². The molecule has 0 saturated carbocycles. The molecule has 13 aromatic rings. The molecule has 0 aliphatic carbocycles. The quantitative estimate of drug-likeness (QED) is 0.167. The van der Waals surface area contributed by atoms with E-state index in [1.165, 1.54) is 11.1 Å². The maximum absolute atomic E-state index is 5.82. The van der Waals surface area contributed by atoms with Gasteiger partial charge in [0.2, 0.25) is 5.95 Å². The average molecular weight is 835 g/mol. The van der Waals surface area contributed by atoms with Gasteiger partial charge in [-0.1, -0.05) is 157 Å². The van der Waals surface area contributed by atoms with Crippen LogP contribution in [0.4, 0.5) is 0 Å².